The molecule has 1 rings (SSSR count). The Morgan fingerprint density at radius 3 is 2.45 bits per heavy atom. The Morgan fingerprint density at radius 1 is 1.64 bits per heavy atom. The molecule has 1 aliphatic rings. The minimum atomic E-state index is -0.638. The first kappa shape index (κ1) is 8.53. The third-order valence-corrected chi connectivity index (χ3v) is 2.07. The van der Waals surface area contributed by atoms with Gasteiger partial charge in [0, 0.05) is 6.54 Å². The topological polar surface area (TPSA) is 40.5 Å². The van der Waals surface area contributed by atoms with Crippen molar-refractivity contribution < 1.29 is 9.90 Å². The number of hydrogen-bond acceptors (Lipinski definition) is 2. The summed E-state index contributed by atoms with van der Waals surface area (Å²) in [5.41, 5.74) is 0. The van der Waals surface area contributed by atoms with Gasteiger partial charge in [0.2, 0.25) is 0 Å². The molecule has 1 aliphatic carbocycles. The highest BCUT2D eigenvalue weighted by Crippen LogP contribution is 2.37. The monoisotopic (exact) mass is 157 g/mol. The number of carboxylic acids is 1. The molecule has 0 radical (unpaired) electrons. The molecule has 11 heavy (non-hydrogen) atoms. The average Bonchev–Trinajstić information content (AvgIpc) is 2.63. The molecule has 0 aromatic rings. The van der Waals surface area contributed by atoms with E-state index in [2.05, 4.69) is 0 Å². The molecule has 1 saturated carbocycles. The number of hydrogen-bond donors (Lipinski definition) is 1. The van der Waals surface area contributed by atoms with Gasteiger partial charge in [0.05, 0.1) is 5.92 Å². The molecule has 0 aromatic heterocycles. The van der Waals surface area contributed by atoms with E-state index >= 15 is 0 Å². The Kier molecular flexibility index (Phi) is 2.49. The maximum atomic E-state index is 10.7. The summed E-state index contributed by atoms with van der Waals surface area (Å²) in [4.78, 5) is 12.6. The lowest BCUT2D eigenvalue weighted by atomic mass is 10.0. The van der Waals surface area contributed by atoms with E-state index in [4.69, 9.17) is 5.11 Å². The minimum absolute atomic E-state index is 0.134. The van der Waals surface area contributed by atoms with Gasteiger partial charge in [0.15, 0.2) is 0 Å². The van der Waals surface area contributed by atoms with Crippen molar-refractivity contribution in [3.8, 4) is 0 Å². The van der Waals surface area contributed by atoms with Gasteiger partial charge in [-0.3, -0.25) is 4.79 Å². The van der Waals surface area contributed by atoms with Crippen LogP contribution in [0.5, 0.6) is 0 Å². The van der Waals surface area contributed by atoms with Gasteiger partial charge in [-0.2, -0.15) is 0 Å². The minimum Gasteiger partial charge on any atom is -0.481 e. The predicted octanol–water partition coefficient (Wildman–Crippen LogP) is 0.659. The molecule has 0 amide bonds. The zero-order valence-corrected chi connectivity index (χ0v) is 7.08. The standard InChI is InChI=1S/C8H15NO2/c1-9(2)5-7(8(10)11)6-3-4-6/h6-7H,3-5H2,1-2H3,(H,10,11). The Hall–Kier alpha value is -0.570. The molecule has 0 heterocycles. The van der Waals surface area contributed by atoms with Crippen LogP contribution in [-0.2, 0) is 4.79 Å². The molecule has 0 aliphatic heterocycles. The van der Waals surface area contributed by atoms with Crippen LogP contribution < -0.4 is 0 Å². The Balaban J connectivity index is 2.38. The second kappa shape index (κ2) is 3.22. The van der Waals surface area contributed by atoms with Gasteiger partial charge in [0.25, 0.3) is 0 Å². The van der Waals surface area contributed by atoms with Crippen LogP contribution in [0.4, 0.5) is 0 Å². The summed E-state index contributed by atoms with van der Waals surface area (Å²) in [5, 5.41) is 8.81. The lowest BCUT2D eigenvalue weighted by molar-refractivity contribution is -0.143. The Labute approximate surface area is 67.0 Å². The molecule has 0 aromatic carbocycles. The second-order valence-corrected chi connectivity index (χ2v) is 3.54. The van der Waals surface area contributed by atoms with Crippen molar-refractivity contribution in [3.63, 3.8) is 0 Å². The summed E-state index contributed by atoms with van der Waals surface area (Å²) in [5.74, 6) is -0.318. The number of carbonyl (C=O) groups is 1. The van der Waals surface area contributed by atoms with Crippen LogP contribution in [0.15, 0.2) is 0 Å². The third-order valence-electron chi connectivity index (χ3n) is 2.07. The smallest absolute Gasteiger partial charge is 0.308 e. The van der Waals surface area contributed by atoms with Crippen molar-refractivity contribution in [1.29, 1.82) is 0 Å². The Bertz CT molecular complexity index is 152. The van der Waals surface area contributed by atoms with E-state index in [1.807, 2.05) is 19.0 Å². The maximum Gasteiger partial charge on any atom is 0.308 e. The third kappa shape index (κ3) is 2.50. The van der Waals surface area contributed by atoms with Gasteiger partial charge in [-0.05, 0) is 32.9 Å². The van der Waals surface area contributed by atoms with Gasteiger partial charge in [-0.25, -0.2) is 0 Å². The molecular formula is C8H15NO2. The van der Waals surface area contributed by atoms with Gasteiger partial charge < -0.3 is 10.0 Å². The molecular weight excluding hydrogens is 142 g/mol. The predicted molar refractivity (Wildman–Crippen MR) is 42.4 cm³/mol. The first-order valence-corrected chi connectivity index (χ1v) is 3.99. The van der Waals surface area contributed by atoms with Crippen LogP contribution in [0, 0.1) is 11.8 Å². The fourth-order valence-corrected chi connectivity index (χ4v) is 1.32. The van der Waals surface area contributed by atoms with Gasteiger partial charge in [-0.15, -0.1) is 0 Å². The lowest BCUT2D eigenvalue weighted by Crippen LogP contribution is -2.29. The zero-order valence-electron chi connectivity index (χ0n) is 7.08. The van der Waals surface area contributed by atoms with Crippen molar-refractivity contribution in [3.05, 3.63) is 0 Å². The SMILES string of the molecule is CN(C)CC(C(=O)O)C1CC1. The van der Waals surface area contributed by atoms with Crippen LogP contribution in [0.3, 0.4) is 0 Å². The molecule has 3 nitrogen and oxygen atoms in total. The van der Waals surface area contributed by atoms with Crippen molar-refractivity contribution >= 4 is 5.97 Å². The molecule has 1 N–H and O–H groups in total. The van der Waals surface area contributed by atoms with E-state index in [9.17, 15) is 4.79 Å². The van der Waals surface area contributed by atoms with Crippen LogP contribution >= 0.6 is 0 Å². The number of nitrogens with zero attached hydrogens (tertiary/aromatic N) is 1. The highest BCUT2D eigenvalue weighted by atomic mass is 16.4. The zero-order chi connectivity index (χ0) is 8.43. The Morgan fingerprint density at radius 2 is 2.18 bits per heavy atom. The molecule has 1 fully saturated rings. The summed E-state index contributed by atoms with van der Waals surface area (Å²) in [6.07, 6.45) is 2.20. The van der Waals surface area contributed by atoms with E-state index in [0.717, 1.165) is 12.8 Å². The molecule has 0 bridgehead atoms. The van der Waals surface area contributed by atoms with Crippen LogP contribution in [0.25, 0.3) is 0 Å². The largest absolute Gasteiger partial charge is 0.481 e. The van der Waals surface area contributed by atoms with Crippen LogP contribution in [0.1, 0.15) is 12.8 Å². The van der Waals surface area contributed by atoms with Crippen molar-refractivity contribution in [1.82, 2.24) is 4.90 Å². The van der Waals surface area contributed by atoms with Crippen LogP contribution in [-0.4, -0.2) is 36.6 Å². The number of aliphatic carboxylic acids is 1. The normalized spacial score (nSPS) is 20.3. The summed E-state index contributed by atoms with van der Waals surface area (Å²) >= 11 is 0. The molecule has 0 spiro atoms. The van der Waals surface area contributed by atoms with E-state index in [1.165, 1.54) is 0 Å². The first-order valence-electron chi connectivity index (χ1n) is 3.99. The molecule has 1 unspecified atom stereocenters. The van der Waals surface area contributed by atoms with Gasteiger partial charge in [-0.1, -0.05) is 0 Å². The summed E-state index contributed by atoms with van der Waals surface area (Å²) < 4.78 is 0. The maximum absolute atomic E-state index is 10.7. The fourth-order valence-electron chi connectivity index (χ4n) is 1.32. The van der Waals surface area contributed by atoms with Crippen molar-refractivity contribution in [2.24, 2.45) is 11.8 Å². The highest BCUT2D eigenvalue weighted by molar-refractivity contribution is 5.71. The molecule has 64 valence electrons. The molecule has 0 saturated heterocycles. The molecule has 3 heteroatoms. The van der Waals surface area contributed by atoms with Crippen molar-refractivity contribution in [2.75, 3.05) is 20.6 Å². The molecule has 1 atom stereocenters. The first-order chi connectivity index (χ1) is 5.11. The fraction of sp³-hybridized carbons (Fsp3) is 0.875. The van der Waals surface area contributed by atoms with Gasteiger partial charge in [0.1, 0.15) is 0 Å². The highest BCUT2D eigenvalue weighted by Gasteiger charge is 2.36. The van der Waals surface area contributed by atoms with E-state index in [0.29, 0.717) is 12.5 Å². The lowest BCUT2D eigenvalue weighted by Gasteiger charge is -2.15. The van der Waals surface area contributed by atoms with E-state index < -0.39 is 5.97 Å². The number of rotatable bonds is 4. The van der Waals surface area contributed by atoms with Crippen LogP contribution in [0.2, 0.25) is 0 Å². The summed E-state index contributed by atoms with van der Waals surface area (Å²) in [7, 11) is 3.83. The van der Waals surface area contributed by atoms with Gasteiger partial charge >= 0.3 is 5.97 Å². The average molecular weight is 157 g/mol. The van der Waals surface area contributed by atoms with E-state index in [-0.39, 0.29) is 5.92 Å². The summed E-state index contributed by atoms with van der Waals surface area (Å²) in [6, 6.07) is 0. The second-order valence-electron chi connectivity index (χ2n) is 3.54. The van der Waals surface area contributed by atoms with Crippen molar-refractivity contribution in [2.45, 2.75) is 12.8 Å². The quantitative estimate of drug-likeness (QED) is 0.651. The van der Waals surface area contributed by atoms with E-state index in [1.54, 1.807) is 0 Å². The summed E-state index contributed by atoms with van der Waals surface area (Å²) in [6.45, 7) is 0.681. The number of carboxylic acid groups (broad SMARTS) is 1.